The van der Waals surface area contributed by atoms with E-state index in [9.17, 15) is 4.79 Å². The molecule has 0 saturated carbocycles. The van der Waals surface area contributed by atoms with Gasteiger partial charge in [0.1, 0.15) is 18.0 Å². The molecule has 8 nitrogen and oxygen atoms in total. The molecular formula is C17H23N7O. The van der Waals surface area contributed by atoms with Crippen molar-refractivity contribution in [3.63, 3.8) is 0 Å². The molecule has 2 aliphatic heterocycles. The van der Waals surface area contributed by atoms with E-state index in [1.165, 1.54) is 0 Å². The molecule has 1 saturated heterocycles. The molecule has 0 bridgehead atoms. The van der Waals surface area contributed by atoms with Gasteiger partial charge in [0, 0.05) is 44.8 Å². The summed E-state index contributed by atoms with van der Waals surface area (Å²) in [5.74, 6) is 2.19. The molecule has 8 heteroatoms. The van der Waals surface area contributed by atoms with Crippen molar-refractivity contribution in [1.29, 1.82) is 0 Å². The number of rotatable bonds is 4. The summed E-state index contributed by atoms with van der Waals surface area (Å²) in [7, 11) is 0. The number of amides is 1. The predicted molar refractivity (Wildman–Crippen MR) is 93.2 cm³/mol. The van der Waals surface area contributed by atoms with Crippen molar-refractivity contribution in [3.05, 3.63) is 36.5 Å². The summed E-state index contributed by atoms with van der Waals surface area (Å²) in [5.41, 5.74) is 0. The fourth-order valence-electron chi connectivity index (χ4n) is 3.47. The molecule has 4 rings (SSSR count). The number of carbonyl (C=O) groups excluding carboxylic acids is 1. The van der Waals surface area contributed by atoms with Gasteiger partial charge in [-0.05, 0) is 18.6 Å². The summed E-state index contributed by atoms with van der Waals surface area (Å²) in [5, 5.41) is 7.61. The van der Waals surface area contributed by atoms with Gasteiger partial charge in [-0.15, -0.1) is 0 Å². The molecule has 0 unspecified atom stereocenters. The number of anilines is 1. The molecule has 1 amide bonds. The average molecular weight is 341 g/mol. The number of nitrogens with zero attached hydrogens (tertiary/aromatic N) is 6. The summed E-state index contributed by atoms with van der Waals surface area (Å²) in [4.78, 5) is 25.3. The van der Waals surface area contributed by atoms with Gasteiger partial charge in [-0.25, -0.2) is 14.6 Å². The Labute approximate surface area is 146 Å². The smallest absolute Gasteiger partial charge is 0.236 e. The second kappa shape index (κ2) is 7.18. The van der Waals surface area contributed by atoms with Crippen LogP contribution in [0.25, 0.3) is 0 Å². The Morgan fingerprint density at radius 1 is 1.20 bits per heavy atom. The molecular weight excluding hydrogens is 318 g/mol. The van der Waals surface area contributed by atoms with Gasteiger partial charge in [-0.3, -0.25) is 4.79 Å². The lowest BCUT2D eigenvalue weighted by Gasteiger charge is -2.35. The first-order valence-corrected chi connectivity index (χ1v) is 8.83. The van der Waals surface area contributed by atoms with Gasteiger partial charge in [-0.2, -0.15) is 5.10 Å². The zero-order valence-corrected chi connectivity index (χ0v) is 14.2. The highest BCUT2D eigenvalue weighted by atomic mass is 16.2. The number of nitrogens with one attached hydrogen (secondary N) is 1. The van der Waals surface area contributed by atoms with E-state index in [1.54, 1.807) is 6.33 Å². The number of aryl methyl sites for hydroxylation is 1. The molecule has 0 aliphatic carbocycles. The lowest BCUT2D eigenvalue weighted by molar-refractivity contribution is -0.130. The molecule has 1 N–H and O–H groups in total. The number of hydrogen-bond acceptors (Lipinski definition) is 6. The third-order valence-corrected chi connectivity index (χ3v) is 4.95. The van der Waals surface area contributed by atoms with E-state index < -0.39 is 0 Å². The van der Waals surface area contributed by atoms with Gasteiger partial charge < -0.3 is 15.1 Å². The zero-order chi connectivity index (χ0) is 17.1. The molecule has 0 aromatic carbocycles. The van der Waals surface area contributed by atoms with Crippen LogP contribution in [-0.4, -0.2) is 69.3 Å². The Bertz CT molecular complexity index is 709. The topological polar surface area (TPSA) is 79.2 Å². The van der Waals surface area contributed by atoms with Gasteiger partial charge >= 0.3 is 0 Å². The summed E-state index contributed by atoms with van der Waals surface area (Å²) in [6, 6.07) is 6.21. The number of aromatic nitrogens is 4. The Kier molecular flexibility index (Phi) is 4.60. The zero-order valence-electron chi connectivity index (χ0n) is 14.2. The van der Waals surface area contributed by atoms with Gasteiger partial charge in [0.05, 0.1) is 13.1 Å². The Balaban J connectivity index is 1.23. The Hall–Kier alpha value is -2.48. The van der Waals surface area contributed by atoms with Crippen LogP contribution in [-0.2, 0) is 17.8 Å². The van der Waals surface area contributed by atoms with Crippen LogP contribution in [0.2, 0.25) is 0 Å². The molecule has 0 radical (unpaired) electrons. The quantitative estimate of drug-likeness (QED) is 0.838. The standard InChI is InChI=1S/C17H23N7O/c25-17(11-19-14-4-5-16-20-13-21-24(16)12-14)23-9-7-22(8-10-23)15-3-1-2-6-18-15/h1-3,6,13-14,19H,4-5,7-12H2/t14-/m0/s1. The molecule has 132 valence electrons. The largest absolute Gasteiger partial charge is 0.353 e. The van der Waals surface area contributed by atoms with Crippen LogP contribution in [0, 0.1) is 0 Å². The van der Waals surface area contributed by atoms with E-state index in [-0.39, 0.29) is 11.9 Å². The maximum atomic E-state index is 12.5. The molecule has 0 spiro atoms. The molecule has 2 aliphatic rings. The maximum absolute atomic E-state index is 12.5. The van der Waals surface area contributed by atoms with Crippen molar-refractivity contribution in [2.75, 3.05) is 37.6 Å². The van der Waals surface area contributed by atoms with E-state index >= 15 is 0 Å². The van der Waals surface area contributed by atoms with Crippen molar-refractivity contribution < 1.29 is 4.79 Å². The lowest BCUT2D eigenvalue weighted by Crippen LogP contribution is -2.52. The normalized spacial score (nSPS) is 20.4. The fourth-order valence-corrected chi connectivity index (χ4v) is 3.47. The van der Waals surface area contributed by atoms with Crippen molar-refractivity contribution in [1.82, 2.24) is 30.0 Å². The highest BCUT2D eigenvalue weighted by Crippen LogP contribution is 2.13. The second-order valence-corrected chi connectivity index (χ2v) is 6.53. The van der Waals surface area contributed by atoms with Gasteiger partial charge in [0.15, 0.2) is 0 Å². The minimum absolute atomic E-state index is 0.171. The Morgan fingerprint density at radius 3 is 2.88 bits per heavy atom. The number of piperazine rings is 1. The second-order valence-electron chi connectivity index (χ2n) is 6.53. The van der Waals surface area contributed by atoms with E-state index in [1.807, 2.05) is 34.0 Å². The molecule has 1 fully saturated rings. The average Bonchev–Trinajstić information content (AvgIpc) is 3.15. The predicted octanol–water partition coefficient (Wildman–Crippen LogP) is -0.0737. The van der Waals surface area contributed by atoms with Crippen LogP contribution in [0.5, 0.6) is 0 Å². The van der Waals surface area contributed by atoms with Crippen LogP contribution in [0.1, 0.15) is 12.2 Å². The van der Waals surface area contributed by atoms with Gasteiger partial charge in [0.2, 0.25) is 5.91 Å². The summed E-state index contributed by atoms with van der Waals surface area (Å²) >= 11 is 0. The summed E-state index contributed by atoms with van der Waals surface area (Å²) in [6.07, 6.45) is 5.32. The first-order chi connectivity index (χ1) is 12.3. The van der Waals surface area contributed by atoms with Crippen molar-refractivity contribution in [2.45, 2.75) is 25.4 Å². The van der Waals surface area contributed by atoms with Crippen LogP contribution in [0.15, 0.2) is 30.7 Å². The van der Waals surface area contributed by atoms with Crippen LogP contribution in [0.3, 0.4) is 0 Å². The summed E-state index contributed by atoms with van der Waals surface area (Å²) in [6.45, 7) is 4.32. The van der Waals surface area contributed by atoms with Crippen LogP contribution >= 0.6 is 0 Å². The van der Waals surface area contributed by atoms with Gasteiger partial charge in [-0.1, -0.05) is 6.07 Å². The van der Waals surface area contributed by atoms with Gasteiger partial charge in [0.25, 0.3) is 0 Å². The molecule has 1 atom stereocenters. The van der Waals surface area contributed by atoms with E-state index in [0.29, 0.717) is 6.54 Å². The minimum Gasteiger partial charge on any atom is -0.353 e. The van der Waals surface area contributed by atoms with Crippen molar-refractivity contribution in [3.8, 4) is 0 Å². The molecule has 2 aromatic rings. The molecule has 2 aromatic heterocycles. The van der Waals surface area contributed by atoms with Crippen molar-refractivity contribution >= 4 is 11.7 Å². The minimum atomic E-state index is 0.171. The number of pyridine rings is 1. The fraction of sp³-hybridized carbons (Fsp3) is 0.529. The number of carbonyl (C=O) groups is 1. The van der Waals surface area contributed by atoms with E-state index in [2.05, 4.69) is 25.3 Å². The number of hydrogen-bond donors (Lipinski definition) is 1. The number of fused-ring (bicyclic) bond motifs is 1. The first kappa shape index (κ1) is 16.0. The van der Waals surface area contributed by atoms with Crippen molar-refractivity contribution in [2.24, 2.45) is 0 Å². The summed E-state index contributed by atoms with van der Waals surface area (Å²) < 4.78 is 1.93. The van der Waals surface area contributed by atoms with E-state index in [4.69, 9.17) is 0 Å². The highest BCUT2D eigenvalue weighted by molar-refractivity contribution is 5.78. The molecule has 25 heavy (non-hydrogen) atoms. The van der Waals surface area contributed by atoms with Crippen LogP contribution in [0.4, 0.5) is 5.82 Å². The lowest BCUT2D eigenvalue weighted by atomic mass is 10.1. The van der Waals surface area contributed by atoms with E-state index in [0.717, 1.165) is 57.2 Å². The SMILES string of the molecule is O=C(CN[C@H]1CCc2ncnn2C1)N1CCN(c2ccccn2)CC1. The highest BCUT2D eigenvalue weighted by Gasteiger charge is 2.24. The third-order valence-electron chi connectivity index (χ3n) is 4.95. The molecule has 4 heterocycles. The first-order valence-electron chi connectivity index (χ1n) is 8.83. The Morgan fingerprint density at radius 2 is 2.08 bits per heavy atom. The third kappa shape index (κ3) is 3.63. The maximum Gasteiger partial charge on any atom is 0.236 e. The van der Waals surface area contributed by atoms with Crippen LogP contribution < -0.4 is 10.2 Å². The monoisotopic (exact) mass is 341 g/mol.